The van der Waals surface area contributed by atoms with Crippen molar-refractivity contribution in [2.45, 2.75) is 40.5 Å². The van der Waals surface area contributed by atoms with Crippen LogP contribution in [0.15, 0.2) is 66.2 Å². The minimum atomic E-state index is -0.713. The first-order chi connectivity index (χ1) is 12.3. The molecule has 0 radical (unpaired) electrons. The van der Waals surface area contributed by atoms with E-state index in [4.69, 9.17) is 0 Å². The largest absolute Gasteiger partial charge is 0.481 e. The van der Waals surface area contributed by atoms with Crippen LogP contribution in [0.2, 0.25) is 0 Å². The molecule has 2 nitrogen and oxygen atoms in total. The number of benzene rings is 2. The molecule has 1 N–H and O–H groups in total. The van der Waals surface area contributed by atoms with Crippen LogP contribution in [0.3, 0.4) is 0 Å². The van der Waals surface area contributed by atoms with Crippen LogP contribution in [0.25, 0.3) is 0 Å². The molecular formula is C24H28O2. The predicted octanol–water partition coefficient (Wildman–Crippen LogP) is 5.51. The molecule has 0 unspecified atom stereocenters. The molecule has 2 aromatic carbocycles. The van der Waals surface area contributed by atoms with E-state index in [2.05, 4.69) is 68.5 Å². The lowest BCUT2D eigenvalue weighted by Gasteiger charge is -2.16. The Labute approximate surface area is 156 Å². The van der Waals surface area contributed by atoms with E-state index >= 15 is 0 Å². The number of allylic oxidation sites excluding steroid dienone is 2. The number of rotatable bonds is 6. The van der Waals surface area contributed by atoms with Gasteiger partial charge in [-0.15, -0.1) is 0 Å². The Kier molecular flexibility index (Phi) is 4.79. The van der Waals surface area contributed by atoms with Gasteiger partial charge in [-0.3, -0.25) is 4.79 Å². The minimum Gasteiger partial charge on any atom is -0.481 e. The van der Waals surface area contributed by atoms with Gasteiger partial charge in [-0.05, 0) is 48.8 Å². The summed E-state index contributed by atoms with van der Waals surface area (Å²) in [4.78, 5) is 12.2. The van der Waals surface area contributed by atoms with Crippen molar-refractivity contribution in [2.75, 3.05) is 0 Å². The number of hydrogen-bond donors (Lipinski definition) is 1. The van der Waals surface area contributed by atoms with E-state index < -0.39 is 11.4 Å². The number of hydrogen-bond acceptors (Lipinski definition) is 1. The molecule has 136 valence electrons. The summed E-state index contributed by atoms with van der Waals surface area (Å²) in [6, 6.07) is 18.8. The second-order valence-electron chi connectivity index (χ2n) is 8.38. The molecule has 0 aromatic heterocycles. The lowest BCUT2D eigenvalue weighted by molar-refractivity contribution is -0.145. The highest BCUT2D eigenvalue weighted by Gasteiger charge is 2.74. The fraction of sp³-hybridized carbons (Fsp3) is 0.375. The Morgan fingerprint density at radius 1 is 1.00 bits per heavy atom. The summed E-state index contributed by atoms with van der Waals surface area (Å²) in [6.45, 7) is 8.25. The van der Waals surface area contributed by atoms with Crippen molar-refractivity contribution >= 4 is 5.97 Å². The maximum Gasteiger partial charge on any atom is 0.311 e. The molecule has 1 aliphatic rings. The van der Waals surface area contributed by atoms with Crippen LogP contribution in [0.5, 0.6) is 0 Å². The van der Waals surface area contributed by atoms with Gasteiger partial charge in [0.1, 0.15) is 0 Å². The average molecular weight is 348 g/mol. The highest BCUT2D eigenvalue weighted by molar-refractivity contribution is 5.82. The molecule has 2 atom stereocenters. The van der Waals surface area contributed by atoms with Crippen LogP contribution in [0.4, 0.5) is 0 Å². The lowest BCUT2D eigenvalue weighted by atomic mass is 9.87. The standard InChI is InChI=1S/C24H28O2/c1-17(2)13-21-23(3,4)24(21,22(25)26)16-20-12-8-11-19(15-20)14-18-9-6-5-7-10-18/h5-13,15,21H,14,16H2,1-4H3,(H,25,26)/t21-,24+/m0/s1. The van der Waals surface area contributed by atoms with Crippen LogP contribution in [-0.4, -0.2) is 11.1 Å². The molecule has 0 aliphatic heterocycles. The molecular weight excluding hydrogens is 320 g/mol. The van der Waals surface area contributed by atoms with Crippen molar-refractivity contribution in [2.24, 2.45) is 16.7 Å². The highest BCUT2D eigenvalue weighted by Crippen LogP contribution is 2.71. The molecule has 1 aliphatic carbocycles. The normalized spacial score (nSPS) is 23.3. The van der Waals surface area contributed by atoms with Crippen molar-refractivity contribution in [3.8, 4) is 0 Å². The number of carboxylic acid groups (broad SMARTS) is 1. The molecule has 0 saturated heterocycles. The molecule has 0 heterocycles. The Bertz CT molecular complexity index is 828. The van der Waals surface area contributed by atoms with E-state index in [9.17, 15) is 9.90 Å². The van der Waals surface area contributed by atoms with Crippen molar-refractivity contribution in [1.29, 1.82) is 0 Å². The van der Waals surface area contributed by atoms with Crippen molar-refractivity contribution < 1.29 is 9.90 Å². The van der Waals surface area contributed by atoms with Gasteiger partial charge in [-0.25, -0.2) is 0 Å². The topological polar surface area (TPSA) is 37.3 Å². The summed E-state index contributed by atoms with van der Waals surface area (Å²) < 4.78 is 0. The molecule has 2 heteroatoms. The molecule has 2 aromatic rings. The summed E-state index contributed by atoms with van der Waals surface area (Å²) in [5, 5.41) is 10.1. The predicted molar refractivity (Wildman–Crippen MR) is 106 cm³/mol. The van der Waals surface area contributed by atoms with E-state index in [1.165, 1.54) is 16.7 Å². The molecule has 1 saturated carbocycles. The Morgan fingerprint density at radius 3 is 2.23 bits per heavy atom. The number of carboxylic acids is 1. The summed E-state index contributed by atoms with van der Waals surface area (Å²) in [7, 11) is 0. The monoisotopic (exact) mass is 348 g/mol. The van der Waals surface area contributed by atoms with Gasteiger partial charge in [0.05, 0.1) is 5.41 Å². The zero-order chi connectivity index (χ0) is 18.9. The van der Waals surface area contributed by atoms with Crippen molar-refractivity contribution in [3.05, 3.63) is 82.9 Å². The minimum absolute atomic E-state index is 0.0790. The SMILES string of the molecule is CC(C)=C[C@H]1C(C)(C)[C@@]1(Cc1cccc(Cc2ccccc2)c1)C(=O)O. The second-order valence-corrected chi connectivity index (χ2v) is 8.38. The van der Waals surface area contributed by atoms with Crippen LogP contribution in [-0.2, 0) is 17.6 Å². The third-order valence-corrected chi connectivity index (χ3v) is 5.98. The fourth-order valence-corrected chi connectivity index (χ4v) is 4.40. The number of carbonyl (C=O) groups is 1. The van der Waals surface area contributed by atoms with Crippen molar-refractivity contribution in [3.63, 3.8) is 0 Å². The van der Waals surface area contributed by atoms with E-state index in [1.807, 2.05) is 19.9 Å². The smallest absolute Gasteiger partial charge is 0.311 e. The van der Waals surface area contributed by atoms with E-state index in [1.54, 1.807) is 0 Å². The molecule has 1 fully saturated rings. The van der Waals surface area contributed by atoms with Gasteiger partial charge in [0.2, 0.25) is 0 Å². The number of aliphatic carboxylic acids is 1. The lowest BCUT2D eigenvalue weighted by Crippen LogP contribution is -2.24. The zero-order valence-electron chi connectivity index (χ0n) is 16.1. The summed E-state index contributed by atoms with van der Waals surface area (Å²) >= 11 is 0. The van der Waals surface area contributed by atoms with Crippen LogP contribution < -0.4 is 0 Å². The van der Waals surface area contributed by atoms with Gasteiger partial charge >= 0.3 is 5.97 Å². The van der Waals surface area contributed by atoms with Gasteiger partial charge < -0.3 is 5.11 Å². The molecule has 0 spiro atoms. The van der Waals surface area contributed by atoms with Crippen molar-refractivity contribution in [1.82, 2.24) is 0 Å². The fourth-order valence-electron chi connectivity index (χ4n) is 4.40. The van der Waals surface area contributed by atoms with Crippen LogP contribution in [0.1, 0.15) is 44.4 Å². The van der Waals surface area contributed by atoms with E-state index in [-0.39, 0.29) is 11.3 Å². The Balaban J connectivity index is 1.87. The first-order valence-corrected chi connectivity index (χ1v) is 9.27. The van der Waals surface area contributed by atoms with E-state index in [0.717, 1.165) is 12.0 Å². The first-order valence-electron chi connectivity index (χ1n) is 9.27. The quantitative estimate of drug-likeness (QED) is 0.699. The van der Waals surface area contributed by atoms with Gasteiger partial charge in [0.15, 0.2) is 0 Å². The highest BCUT2D eigenvalue weighted by atomic mass is 16.4. The molecule has 26 heavy (non-hydrogen) atoms. The third kappa shape index (κ3) is 3.21. The third-order valence-electron chi connectivity index (χ3n) is 5.98. The van der Waals surface area contributed by atoms with Gasteiger partial charge in [-0.1, -0.05) is 80.1 Å². The van der Waals surface area contributed by atoms with Crippen LogP contribution >= 0.6 is 0 Å². The van der Waals surface area contributed by atoms with E-state index in [0.29, 0.717) is 6.42 Å². The van der Waals surface area contributed by atoms with Gasteiger partial charge in [0.25, 0.3) is 0 Å². The maximum atomic E-state index is 12.2. The summed E-state index contributed by atoms with van der Waals surface area (Å²) in [5.74, 6) is -0.603. The summed E-state index contributed by atoms with van der Waals surface area (Å²) in [5.41, 5.74) is 3.85. The van der Waals surface area contributed by atoms with Gasteiger partial charge in [0, 0.05) is 5.92 Å². The van der Waals surface area contributed by atoms with Gasteiger partial charge in [-0.2, -0.15) is 0 Å². The Morgan fingerprint density at radius 2 is 1.62 bits per heavy atom. The maximum absolute atomic E-state index is 12.2. The Hall–Kier alpha value is -2.35. The molecule has 0 amide bonds. The second kappa shape index (κ2) is 6.75. The summed E-state index contributed by atoms with van der Waals surface area (Å²) in [6.07, 6.45) is 3.59. The molecule has 0 bridgehead atoms. The zero-order valence-corrected chi connectivity index (χ0v) is 16.1. The molecule has 3 rings (SSSR count). The average Bonchev–Trinajstić information content (AvgIpc) is 3.03. The first kappa shape index (κ1) is 18.4. The van der Waals surface area contributed by atoms with Crippen LogP contribution in [0, 0.1) is 16.7 Å².